The van der Waals surface area contributed by atoms with Gasteiger partial charge in [0.25, 0.3) is 0 Å². The minimum absolute atomic E-state index is 0.0404. The zero-order valence-corrected chi connectivity index (χ0v) is 15.7. The van der Waals surface area contributed by atoms with E-state index in [2.05, 4.69) is 10.2 Å². The molecular formula is C19H18ClN3O2S. The first-order chi connectivity index (χ1) is 12.7. The normalized spacial score (nSPS) is 17.6. The second-order valence-corrected chi connectivity index (χ2v) is 7.90. The number of hydrogen-bond acceptors (Lipinski definition) is 5. The predicted octanol–water partition coefficient (Wildman–Crippen LogP) is 4.84. The van der Waals surface area contributed by atoms with E-state index in [-0.39, 0.29) is 5.25 Å². The third-order valence-corrected chi connectivity index (χ3v) is 6.01. The van der Waals surface area contributed by atoms with Crippen molar-refractivity contribution >= 4 is 29.1 Å². The van der Waals surface area contributed by atoms with Gasteiger partial charge >= 0.3 is 0 Å². The van der Waals surface area contributed by atoms with Crippen LogP contribution in [0.5, 0.6) is 0 Å². The predicted molar refractivity (Wildman–Crippen MR) is 101 cm³/mol. The van der Waals surface area contributed by atoms with Gasteiger partial charge in [-0.2, -0.15) is 0 Å². The van der Waals surface area contributed by atoms with Crippen LogP contribution in [-0.4, -0.2) is 25.8 Å². The van der Waals surface area contributed by atoms with Crippen molar-refractivity contribution in [1.82, 2.24) is 14.8 Å². The molecule has 1 aliphatic carbocycles. The van der Waals surface area contributed by atoms with Gasteiger partial charge in [-0.25, -0.2) is 0 Å². The Morgan fingerprint density at radius 1 is 1.19 bits per heavy atom. The van der Waals surface area contributed by atoms with Crippen molar-refractivity contribution in [2.75, 3.05) is 0 Å². The number of rotatable bonds is 5. The van der Waals surface area contributed by atoms with Gasteiger partial charge in [-0.15, -0.1) is 10.2 Å². The highest BCUT2D eigenvalue weighted by Gasteiger charge is 2.26. The molecule has 2 aromatic heterocycles. The van der Waals surface area contributed by atoms with Crippen LogP contribution >= 0.6 is 23.4 Å². The van der Waals surface area contributed by atoms with Gasteiger partial charge in [-0.1, -0.05) is 29.8 Å². The Bertz CT molecular complexity index is 890. The maximum Gasteiger partial charge on any atom is 0.192 e. The highest BCUT2D eigenvalue weighted by atomic mass is 35.5. The summed E-state index contributed by atoms with van der Waals surface area (Å²) < 4.78 is 7.52. The van der Waals surface area contributed by atoms with E-state index in [1.54, 1.807) is 6.26 Å². The molecule has 0 aliphatic heterocycles. The Labute approximate surface area is 160 Å². The van der Waals surface area contributed by atoms with E-state index in [9.17, 15) is 4.79 Å². The molecule has 0 amide bonds. The minimum Gasteiger partial charge on any atom is -0.467 e. The molecule has 1 saturated carbocycles. The molecule has 134 valence electrons. The number of Topliss-reactive ketones (excluding diaryl/α,β-unsaturated/α-hetero) is 1. The lowest BCUT2D eigenvalue weighted by molar-refractivity contribution is -0.119. The molecule has 0 radical (unpaired) electrons. The van der Waals surface area contributed by atoms with Crippen molar-refractivity contribution in [3.63, 3.8) is 0 Å². The van der Waals surface area contributed by atoms with Crippen LogP contribution < -0.4 is 0 Å². The summed E-state index contributed by atoms with van der Waals surface area (Å²) in [5.74, 6) is 1.86. The van der Waals surface area contributed by atoms with E-state index in [1.165, 1.54) is 11.8 Å². The molecular weight excluding hydrogens is 370 g/mol. The van der Waals surface area contributed by atoms with Crippen LogP contribution in [0.4, 0.5) is 0 Å². The molecule has 1 aromatic carbocycles. The fourth-order valence-corrected chi connectivity index (χ4v) is 4.37. The number of carbonyl (C=O) groups is 1. The Morgan fingerprint density at radius 3 is 2.77 bits per heavy atom. The maximum absolute atomic E-state index is 12.2. The number of aromatic nitrogens is 3. The van der Waals surface area contributed by atoms with Crippen LogP contribution in [0, 0.1) is 0 Å². The van der Waals surface area contributed by atoms with Crippen molar-refractivity contribution in [3.8, 4) is 11.4 Å². The SMILES string of the molecule is O=C1CCCC[C@@H]1Sc1nnc(-c2ccc(Cl)cc2)n1Cc1ccco1. The monoisotopic (exact) mass is 387 g/mol. The first-order valence-electron chi connectivity index (χ1n) is 8.61. The second-order valence-electron chi connectivity index (χ2n) is 6.30. The molecule has 4 rings (SSSR count). The number of furan rings is 1. The molecule has 5 nitrogen and oxygen atoms in total. The van der Waals surface area contributed by atoms with Crippen LogP contribution in [0.2, 0.25) is 5.02 Å². The smallest absolute Gasteiger partial charge is 0.192 e. The van der Waals surface area contributed by atoms with E-state index in [4.69, 9.17) is 16.0 Å². The number of benzene rings is 1. The van der Waals surface area contributed by atoms with Crippen LogP contribution in [-0.2, 0) is 11.3 Å². The molecule has 26 heavy (non-hydrogen) atoms. The molecule has 0 N–H and O–H groups in total. The molecule has 0 bridgehead atoms. The van der Waals surface area contributed by atoms with Crippen molar-refractivity contribution in [2.45, 2.75) is 42.6 Å². The summed E-state index contributed by atoms with van der Waals surface area (Å²) in [4.78, 5) is 12.2. The number of hydrogen-bond donors (Lipinski definition) is 0. The molecule has 1 aliphatic rings. The number of halogens is 1. The van der Waals surface area contributed by atoms with Crippen LogP contribution in [0.3, 0.4) is 0 Å². The molecule has 0 saturated heterocycles. The molecule has 7 heteroatoms. The van der Waals surface area contributed by atoms with E-state index in [0.29, 0.717) is 23.8 Å². The molecule has 0 unspecified atom stereocenters. The first-order valence-corrected chi connectivity index (χ1v) is 9.87. The standard InChI is InChI=1S/C19H18ClN3O2S/c20-14-9-7-13(8-10-14)18-21-22-19(23(18)12-15-4-3-11-25-15)26-17-6-2-1-5-16(17)24/h3-4,7-11,17H,1-2,5-6,12H2/t17-/m0/s1. The summed E-state index contributed by atoms with van der Waals surface area (Å²) in [7, 11) is 0. The minimum atomic E-state index is -0.0404. The second kappa shape index (κ2) is 7.68. The average molecular weight is 388 g/mol. The Balaban J connectivity index is 1.68. The summed E-state index contributed by atoms with van der Waals surface area (Å²) in [5, 5.41) is 10.1. The van der Waals surface area contributed by atoms with Crippen LogP contribution in [0.25, 0.3) is 11.4 Å². The average Bonchev–Trinajstić information content (AvgIpc) is 3.29. The molecule has 0 spiro atoms. The van der Waals surface area contributed by atoms with Gasteiger partial charge in [0.15, 0.2) is 11.0 Å². The summed E-state index contributed by atoms with van der Waals surface area (Å²) >= 11 is 7.52. The van der Waals surface area contributed by atoms with Crippen molar-refractivity contribution in [3.05, 3.63) is 53.4 Å². The zero-order valence-electron chi connectivity index (χ0n) is 14.1. The van der Waals surface area contributed by atoms with Gasteiger partial charge in [0, 0.05) is 17.0 Å². The Morgan fingerprint density at radius 2 is 2.04 bits per heavy atom. The summed E-state index contributed by atoms with van der Waals surface area (Å²) in [6.45, 7) is 0.515. The first kappa shape index (κ1) is 17.4. The molecule has 2 heterocycles. The van der Waals surface area contributed by atoms with E-state index >= 15 is 0 Å². The summed E-state index contributed by atoms with van der Waals surface area (Å²) in [6, 6.07) is 11.3. The molecule has 3 aromatic rings. The Kier molecular flexibility index (Phi) is 5.13. The van der Waals surface area contributed by atoms with Gasteiger partial charge in [-0.05, 0) is 49.2 Å². The third-order valence-electron chi connectivity index (χ3n) is 4.46. The fraction of sp³-hybridized carbons (Fsp3) is 0.316. The third kappa shape index (κ3) is 3.71. The summed E-state index contributed by atoms with van der Waals surface area (Å²) in [6.07, 6.45) is 5.28. The van der Waals surface area contributed by atoms with Crippen molar-refractivity contribution in [1.29, 1.82) is 0 Å². The molecule has 1 fully saturated rings. The number of ketones is 1. The van der Waals surface area contributed by atoms with Gasteiger partial charge in [0.1, 0.15) is 11.5 Å². The van der Waals surface area contributed by atoms with Crippen molar-refractivity contribution < 1.29 is 9.21 Å². The number of nitrogens with zero attached hydrogens (tertiary/aromatic N) is 3. The number of thioether (sulfide) groups is 1. The van der Waals surface area contributed by atoms with Gasteiger partial charge in [0.2, 0.25) is 0 Å². The maximum atomic E-state index is 12.2. The van der Waals surface area contributed by atoms with Crippen molar-refractivity contribution in [2.24, 2.45) is 0 Å². The fourth-order valence-electron chi connectivity index (χ4n) is 3.09. The van der Waals surface area contributed by atoms with E-state index in [1.807, 2.05) is 41.0 Å². The lowest BCUT2D eigenvalue weighted by Crippen LogP contribution is -2.22. The largest absolute Gasteiger partial charge is 0.467 e. The summed E-state index contributed by atoms with van der Waals surface area (Å²) in [5.41, 5.74) is 0.926. The zero-order chi connectivity index (χ0) is 17.9. The topological polar surface area (TPSA) is 60.9 Å². The van der Waals surface area contributed by atoms with Gasteiger partial charge in [0.05, 0.1) is 18.1 Å². The van der Waals surface area contributed by atoms with E-state index in [0.717, 1.165) is 41.6 Å². The number of carbonyl (C=O) groups excluding carboxylic acids is 1. The van der Waals surface area contributed by atoms with Crippen LogP contribution in [0.1, 0.15) is 31.4 Å². The highest BCUT2D eigenvalue weighted by molar-refractivity contribution is 8.00. The lowest BCUT2D eigenvalue weighted by atomic mass is 9.99. The lowest BCUT2D eigenvalue weighted by Gasteiger charge is -2.19. The van der Waals surface area contributed by atoms with E-state index < -0.39 is 0 Å². The van der Waals surface area contributed by atoms with Crippen LogP contribution in [0.15, 0.2) is 52.2 Å². The van der Waals surface area contributed by atoms with Gasteiger partial charge in [-0.3, -0.25) is 9.36 Å². The van der Waals surface area contributed by atoms with Gasteiger partial charge < -0.3 is 4.42 Å². The quantitative estimate of drug-likeness (QED) is 0.626. The molecule has 1 atom stereocenters. The Hall–Kier alpha value is -2.05. The highest BCUT2D eigenvalue weighted by Crippen LogP contribution is 2.33.